The lowest BCUT2D eigenvalue weighted by molar-refractivity contribution is 0.259. The molecule has 3 aromatic rings. The van der Waals surface area contributed by atoms with Gasteiger partial charge in [0.1, 0.15) is 0 Å². The van der Waals surface area contributed by atoms with E-state index in [0.29, 0.717) is 11.4 Å². The van der Waals surface area contributed by atoms with E-state index in [1.165, 1.54) is 11.0 Å². The first-order valence-corrected chi connectivity index (χ1v) is 7.31. The van der Waals surface area contributed by atoms with Gasteiger partial charge in [-0.3, -0.25) is 4.90 Å². The third kappa shape index (κ3) is 3.41. The van der Waals surface area contributed by atoms with Gasteiger partial charge in [0, 0.05) is 11.8 Å². The van der Waals surface area contributed by atoms with Crippen molar-refractivity contribution in [3.05, 3.63) is 90.5 Å². The van der Waals surface area contributed by atoms with Crippen molar-refractivity contribution < 1.29 is 13.6 Å². The summed E-state index contributed by atoms with van der Waals surface area (Å²) in [7, 11) is 0. The van der Waals surface area contributed by atoms with Gasteiger partial charge >= 0.3 is 6.03 Å². The molecule has 2 amide bonds. The van der Waals surface area contributed by atoms with E-state index >= 15 is 0 Å². The molecule has 0 saturated carbocycles. The molecule has 0 bridgehead atoms. The van der Waals surface area contributed by atoms with E-state index in [1.807, 2.05) is 36.4 Å². The number of hydrogen-bond acceptors (Lipinski definition) is 1. The predicted octanol–water partition coefficient (Wildman–Crippen LogP) is 5.34. The molecule has 24 heavy (non-hydrogen) atoms. The third-order valence-corrected chi connectivity index (χ3v) is 3.40. The van der Waals surface area contributed by atoms with Crippen molar-refractivity contribution in [3.8, 4) is 0 Å². The summed E-state index contributed by atoms with van der Waals surface area (Å²) in [6.45, 7) is 0. The van der Waals surface area contributed by atoms with Crippen LogP contribution in [0.25, 0.3) is 0 Å². The number of nitrogens with one attached hydrogen (secondary N) is 1. The van der Waals surface area contributed by atoms with E-state index in [4.69, 9.17) is 0 Å². The zero-order valence-electron chi connectivity index (χ0n) is 12.6. The molecule has 3 rings (SSSR count). The monoisotopic (exact) mass is 324 g/mol. The van der Waals surface area contributed by atoms with Crippen molar-refractivity contribution in [3.63, 3.8) is 0 Å². The Kier molecular flexibility index (Phi) is 4.52. The first-order valence-electron chi connectivity index (χ1n) is 7.31. The van der Waals surface area contributed by atoms with Crippen molar-refractivity contribution in [1.29, 1.82) is 0 Å². The lowest BCUT2D eigenvalue weighted by atomic mass is 10.2. The Bertz CT molecular complexity index is 799. The average Bonchev–Trinajstić information content (AvgIpc) is 2.60. The maximum Gasteiger partial charge on any atom is 0.330 e. The van der Waals surface area contributed by atoms with Crippen molar-refractivity contribution in [2.75, 3.05) is 10.2 Å². The molecule has 1 N–H and O–H groups in total. The van der Waals surface area contributed by atoms with Crippen LogP contribution in [0.3, 0.4) is 0 Å². The van der Waals surface area contributed by atoms with Gasteiger partial charge in [0.25, 0.3) is 0 Å². The summed E-state index contributed by atoms with van der Waals surface area (Å²) in [5, 5.41) is 2.59. The molecule has 0 fully saturated rings. The smallest absolute Gasteiger partial charge is 0.307 e. The van der Waals surface area contributed by atoms with Gasteiger partial charge in [-0.05, 0) is 36.4 Å². The fraction of sp³-hybridized carbons (Fsp3) is 0. The summed E-state index contributed by atoms with van der Waals surface area (Å²) in [6.07, 6.45) is 0. The van der Waals surface area contributed by atoms with Crippen LogP contribution >= 0.6 is 0 Å². The minimum atomic E-state index is -1.02. The zero-order valence-corrected chi connectivity index (χ0v) is 12.6. The summed E-state index contributed by atoms with van der Waals surface area (Å²) in [4.78, 5) is 14.2. The summed E-state index contributed by atoms with van der Waals surface area (Å²) in [5.74, 6) is -1.98. The van der Waals surface area contributed by atoms with Crippen LogP contribution in [0, 0.1) is 11.6 Å². The number of amides is 2. The van der Waals surface area contributed by atoms with E-state index in [0.717, 1.165) is 12.1 Å². The first-order chi connectivity index (χ1) is 11.6. The average molecular weight is 324 g/mol. The summed E-state index contributed by atoms with van der Waals surface area (Å²) in [5.41, 5.74) is 1.49. The number of carbonyl (C=O) groups excluding carboxylic acids is 1. The molecule has 0 unspecified atom stereocenters. The molecule has 3 nitrogen and oxygen atoms in total. The Hall–Kier alpha value is -3.21. The number of hydrogen-bond donors (Lipinski definition) is 1. The molecule has 120 valence electrons. The molecular weight excluding hydrogens is 310 g/mol. The van der Waals surface area contributed by atoms with Gasteiger partial charge < -0.3 is 5.32 Å². The van der Waals surface area contributed by atoms with Gasteiger partial charge in [-0.2, -0.15) is 0 Å². The molecule has 0 saturated heterocycles. The molecule has 0 heterocycles. The fourth-order valence-electron chi connectivity index (χ4n) is 2.29. The second kappa shape index (κ2) is 6.91. The van der Waals surface area contributed by atoms with Crippen LogP contribution in [0.4, 0.5) is 30.6 Å². The van der Waals surface area contributed by atoms with Crippen molar-refractivity contribution in [2.45, 2.75) is 0 Å². The highest BCUT2D eigenvalue weighted by molar-refractivity contribution is 6.07. The van der Waals surface area contributed by atoms with Gasteiger partial charge in [0.2, 0.25) is 0 Å². The van der Waals surface area contributed by atoms with E-state index in [9.17, 15) is 13.6 Å². The van der Waals surface area contributed by atoms with E-state index in [2.05, 4.69) is 5.32 Å². The highest BCUT2D eigenvalue weighted by Crippen LogP contribution is 2.26. The van der Waals surface area contributed by atoms with E-state index in [1.54, 1.807) is 24.3 Å². The quantitative estimate of drug-likeness (QED) is 0.693. The number of anilines is 3. The zero-order chi connectivity index (χ0) is 16.9. The predicted molar refractivity (Wildman–Crippen MR) is 90.4 cm³/mol. The Labute approximate surface area is 138 Å². The molecule has 0 aromatic heterocycles. The van der Waals surface area contributed by atoms with Crippen LogP contribution in [0.2, 0.25) is 0 Å². The van der Waals surface area contributed by atoms with Crippen molar-refractivity contribution in [2.24, 2.45) is 0 Å². The minimum Gasteiger partial charge on any atom is -0.307 e. The highest BCUT2D eigenvalue weighted by Gasteiger charge is 2.18. The SMILES string of the molecule is O=C(Nc1ccc(F)c(F)c1)N(c1ccccc1)c1ccccc1. The molecule has 0 aliphatic heterocycles. The maximum absolute atomic E-state index is 13.3. The van der Waals surface area contributed by atoms with Crippen molar-refractivity contribution >= 4 is 23.1 Å². The second-order valence-electron chi connectivity index (χ2n) is 5.07. The lowest BCUT2D eigenvalue weighted by Gasteiger charge is -2.23. The van der Waals surface area contributed by atoms with Gasteiger partial charge in [-0.15, -0.1) is 0 Å². The Morgan fingerprint density at radius 2 is 1.29 bits per heavy atom. The molecular formula is C19H14F2N2O. The first kappa shape index (κ1) is 15.7. The van der Waals surface area contributed by atoms with Gasteiger partial charge in [0.05, 0.1) is 11.4 Å². The van der Waals surface area contributed by atoms with Crippen LogP contribution in [0.15, 0.2) is 78.9 Å². The minimum absolute atomic E-state index is 0.177. The van der Waals surface area contributed by atoms with Crippen molar-refractivity contribution in [1.82, 2.24) is 0 Å². The second-order valence-corrected chi connectivity index (χ2v) is 5.07. The third-order valence-electron chi connectivity index (χ3n) is 3.40. The summed E-state index contributed by atoms with van der Waals surface area (Å²) >= 11 is 0. The standard InChI is InChI=1S/C19H14F2N2O/c20-17-12-11-14(13-18(17)21)22-19(24)23(15-7-3-1-4-8-15)16-9-5-2-6-10-16/h1-13H,(H,22,24). The number of urea groups is 1. The summed E-state index contributed by atoms with van der Waals surface area (Å²) < 4.78 is 26.4. The molecule has 0 spiro atoms. The van der Waals surface area contributed by atoms with Gasteiger partial charge in [-0.25, -0.2) is 13.6 Å². The van der Waals surface area contributed by atoms with E-state index in [-0.39, 0.29) is 5.69 Å². The molecule has 0 radical (unpaired) electrons. The lowest BCUT2D eigenvalue weighted by Crippen LogP contribution is -2.30. The molecule has 0 atom stereocenters. The van der Waals surface area contributed by atoms with E-state index < -0.39 is 17.7 Å². The van der Waals surface area contributed by atoms with Crippen LogP contribution in [-0.4, -0.2) is 6.03 Å². The molecule has 3 aromatic carbocycles. The normalized spacial score (nSPS) is 10.2. The van der Waals surface area contributed by atoms with Gasteiger partial charge in [0.15, 0.2) is 11.6 Å². The number of nitrogens with zero attached hydrogens (tertiary/aromatic N) is 1. The molecule has 5 heteroatoms. The van der Waals surface area contributed by atoms with Crippen LogP contribution < -0.4 is 10.2 Å². The Morgan fingerprint density at radius 1 is 0.750 bits per heavy atom. The number of para-hydroxylation sites is 2. The van der Waals surface area contributed by atoms with Crippen LogP contribution in [0.5, 0.6) is 0 Å². The summed E-state index contributed by atoms with van der Waals surface area (Å²) in [6, 6.07) is 20.9. The van der Waals surface area contributed by atoms with Crippen LogP contribution in [0.1, 0.15) is 0 Å². The van der Waals surface area contributed by atoms with Gasteiger partial charge in [-0.1, -0.05) is 36.4 Å². The number of carbonyl (C=O) groups is 1. The fourth-order valence-corrected chi connectivity index (χ4v) is 2.29. The number of halogens is 2. The Morgan fingerprint density at radius 3 is 1.79 bits per heavy atom. The molecule has 0 aliphatic carbocycles. The molecule has 0 aliphatic rings. The Balaban J connectivity index is 1.93. The number of rotatable bonds is 3. The highest BCUT2D eigenvalue weighted by atomic mass is 19.2. The topological polar surface area (TPSA) is 32.3 Å². The largest absolute Gasteiger partial charge is 0.330 e. The maximum atomic E-state index is 13.3. The van der Waals surface area contributed by atoms with Crippen LogP contribution in [-0.2, 0) is 0 Å². The number of benzene rings is 3.